The molecule has 5 nitrogen and oxygen atoms in total. The molecule has 0 radical (unpaired) electrons. The van der Waals surface area contributed by atoms with Crippen LogP contribution in [0.15, 0.2) is 42.6 Å². The van der Waals surface area contributed by atoms with Crippen molar-refractivity contribution in [3.63, 3.8) is 0 Å². The van der Waals surface area contributed by atoms with Gasteiger partial charge < -0.3 is 16.0 Å². The Morgan fingerprint density at radius 2 is 1.86 bits per heavy atom. The van der Waals surface area contributed by atoms with Crippen molar-refractivity contribution >= 4 is 17.4 Å². The Bertz CT molecular complexity index is 627. The molecule has 2 rings (SSSR count). The second-order valence-corrected chi connectivity index (χ2v) is 4.90. The maximum atomic E-state index is 12.0. The molecule has 2 amide bonds. The van der Waals surface area contributed by atoms with Crippen LogP contribution < -0.4 is 16.0 Å². The van der Waals surface area contributed by atoms with Crippen LogP contribution in [-0.4, -0.2) is 18.1 Å². The summed E-state index contributed by atoms with van der Waals surface area (Å²) >= 11 is 0. The minimum Gasteiger partial charge on any atom is -0.313 e. The molecule has 0 bridgehead atoms. The summed E-state index contributed by atoms with van der Waals surface area (Å²) in [6, 6.07) is 11.3. The molecular formula is C16H20N4O. The number of nitrogens with one attached hydrogen (secondary N) is 3. The quantitative estimate of drug-likeness (QED) is 0.807. The van der Waals surface area contributed by atoms with Gasteiger partial charge in [0.25, 0.3) is 0 Å². The fourth-order valence-corrected chi connectivity index (χ4v) is 1.97. The number of nitrogens with zero attached hydrogens (tertiary/aromatic N) is 1. The summed E-state index contributed by atoms with van der Waals surface area (Å²) in [5.41, 5.74) is 3.46. The first-order valence-electron chi connectivity index (χ1n) is 6.86. The Kier molecular flexibility index (Phi) is 4.90. The second-order valence-electron chi connectivity index (χ2n) is 4.90. The van der Waals surface area contributed by atoms with E-state index in [4.69, 9.17) is 0 Å². The van der Waals surface area contributed by atoms with Crippen LogP contribution in [0, 0.1) is 6.92 Å². The third-order valence-electron chi connectivity index (χ3n) is 3.23. The molecule has 1 aromatic heterocycles. The van der Waals surface area contributed by atoms with Gasteiger partial charge in [-0.05, 0) is 50.7 Å². The number of anilines is 2. The van der Waals surface area contributed by atoms with Gasteiger partial charge >= 0.3 is 6.03 Å². The maximum absolute atomic E-state index is 12.0. The second kappa shape index (κ2) is 6.85. The number of carbonyl (C=O) groups is 1. The molecule has 5 heteroatoms. The lowest BCUT2D eigenvalue weighted by atomic mass is 10.1. The molecule has 1 heterocycles. The van der Waals surface area contributed by atoms with E-state index in [-0.39, 0.29) is 12.1 Å². The van der Waals surface area contributed by atoms with E-state index in [1.54, 1.807) is 12.3 Å². The van der Waals surface area contributed by atoms with Crippen molar-refractivity contribution in [2.75, 3.05) is 17.7 Å². The minimum absolute atomic E-state index is 0.234. The van der Waals surface area contributed by atoms with E-state index >= 15 is 0 Å². The van der Waals surface area contributed by atoms with Crippen molar-refractivity contribution in [1.29, 1.82) is 0 Å². The smallest absolute Gasteiger partial charge is 0.313 e. The maximum Gasteiger partial charge on any atom is 0.323 e. The standard InChI is InChI=1S/C16H20N4O/c1-11-9-15(7-8-18-11)20-16(21)19-14-6-4-5-13(10-14)12(2)17-3/h4-10,12,17H,1-3H3,(H2,18,19,20,21). The van der Waals surface area contributed by atoms with Gasteiger partial charge in [-0.25, -0.2) is 4.79 Å². The van der Waals surface area contributed by atoms with Crippen LogP contribution in [-0.2, 0) is 0 Å². The summed E-state index contributed by atoms with van der Waals surface area (Å²) < 4.78 is 0. The van der Waals surface area contributed by atoms with Gasteiger partial charge in [0.15, 0.2) is 0 Å². The molecule has 0 saturated carbocycles. The summed E-state index contributed by atoms with van der Waals surface area (Å²) in [5.74, 6) is 0. The summed E-state index contributed by atoms with van der Waals surface area (Å²) in [7, 11) is 1.91. The number of carbonyl (C=O) groups excluding carboxylic acids is 1. The molecule has 21 heavy (non-hydrogen) atoms. The molecule has 1 atom stereocenters. The number of hydrogen-bond acceptors (Lipinski definition) is 3. The molecule has 0 aliphatic heterocycles. The van der Waals surface area contributed by atoms with E-state index in [1.165, 1.54) is 0 Å². The highest BCUT2D eigenvalue weighted by Crippen LogP contribution is 2.17. The van der Waals surface area contributed by atoms with Gasteiger partial charge in [-0.2, -0.15) is 0 Å². The highest BCUT2D eigenvalue weighted by molar-refractivity contribution is 5.99. The zero-order chi connectivity index (χ0) is 15.2. The fourth-order valence-electron chi connectivity index (χ4n) is 1.97. The third-order valence-corrected chi connectivity index (χ3v) is 3.23. The Morgan fingerprint density at radius 3 is 2.52 bits per heavy atom. The van der Waals surface area contributed by atoms with Gasteiger partial charge in [0.1, 0.15) is 0 Å². The number of urea groups is 1. The molecule has 0 spiro atoms. The van der Waals surface area contributed by atoms with Gasteiger partial charge in [-0.1, -0.05) is 12.1 Å². The number of aromatic nitrogens is 1. The number of amides is 2. The van der Waals surface area contributed by atoms with Crippen LogP contribution in [0.1, 0.15) is 24.2 Å². The first kappa shape index (κ1) is 15.0. The summed E-state index contributed by atoms with van der Waals surface area (Å²) in [6.45, 7) is 3.95. The van der Waals surface area contributed by atoms with Crippen molar-refractivity contribution in [2.45, 2.75) is 19.9 Å². The molecule has 0 fully saturated rings. The van der Waals surface area contributed by atoms with Crippen molar-refractivity contribution in [2.24, 2.45) is 0 Å². The van der Waals surface area contributed by atoms with E-state index in [0.717, 1.165) is 22.6 Å². The van der Waals surface area contributed by atoms with E-state index in [2.05, 4.69) is 27.9 Å². The normalized spacial score (nSPS) is 11.8. The zero-order valence-corrected chi connectivity index (χ0v) is 12.5. The minimum atomic E-state index is -0.269. The lowest BCUT2D eigenvalue weighted by Crippen LogP contribution is -2.20. The van der Waals surface area contributed by atoms with Crippen LogP contribution in [0.2, 0.25) is 0 Å². The Labute approximate surface area is 124 Å². The Balaban J connectivity index is 2.02. The topological polar surface area (TPSA) is 66.0 Å². The lowest BCUT2D eigenvalue weighted by Gasteiger charge is -2.13. The highest BCUT2D eigenvalue weighted by Gasteiger charge is 2.06. The average Bonchev–Trinajstić information content (AvgIpc) is 2.46. The van der Waals surface area contributed by atoms with Crippen LogP contribution in [0.25, 0.3) is 0 Å². The molecule has 1 unspecified atom stereocenters. The summed E-state index contributed by atoms with van der Waals surface area (Å²) in [5, 5.41) is 8.79. The number of aryl methyl sites for hydroxylation is 1. The van der Waals surface area contributed by atoms with Gasteiger partial charge in [-0.15, -0.1) is 0 Å². The van der Waals surface area contributed by atoms with E-state index in [0.29, 0.717) is 0 Å². The number of rotatable bonds is 4. The monoisotopic (exact) mass is 284 g/mol. The van der Waals surface area contributed by atoms with E-state index in [9.17, 15) is 4.79 Å². The predicted molar refractivity (Wildman–Crippen MR) is 85.5 cm³/mol. The summed E-state index contributed by atoms with van der Waals surface area (Å²) in [4.78, 5) is 16.1. The highest BCUT2D eigenvalue weighted by atomic mass is 16.2. The fraction of sp³-hybridized carbons (Fsp3) is 0.250. The van der Waals surface area contributed by atoms with Crippen LogP contribution in [0.3, 0.4) is 0 Å². The van der Waals surface area contributed by atoms with E-state index < -0.39 is 0 Å². The molecule has 3 N–H and O–H groups in total. The van der Waals surface area contributed by atoms with Gasteiger partial charge in [0.2, 0.25) is 0 Å². The number of benzene rings is 1. The SMILES string of the molecule is CNC(C)c1cccc(NC(=O)Nc2ccnc(C)c2)c1. The van der Waals surface area contributed by atoms with Crippen molar-refractivity contribution in [3.05, 3.63) is 53.9 Å². The first-order chi connectivity index (χ1) is 10.1. The van der Waals surface area contributed by atoms with Crippen molar-refractivity contribution in [1.82, 2.24) is 10.3 Å². The van der Waals surface area contributed by atoms with Gasteiger partial charge in [-0.3, -0.25) is 4.98 Å². The zero-order valence-electron chi connectivity index (χ0n) is 12.5. The Morgan fingerprint density at radius 1 is 1.14 bits per heavy atom. The van der Waals surface area contributed by atoms with Crippen LogP contribution >= 0.6 is 0 Å². The largest absolute Gasteiger partial charge is 0.323 e. The molecule has 1 aromatic carbocycles. The third kappa shape index (κ3) is 4.29. The van der Waals surface area contributed by atoms with Gasteiger partial charge in [0, 0.05) is 29.3 Å². The molecular weight excluding hydrogens is 264 g/mol. The average molecular weight is 284 g/mol. The lowest BCUT2D eigenvalue weighted by molar-refractivity contribution is 0.262. The van der Waals surface area contributed by atoms with E-state index in [1.807, 2.05) is 44.3 Å². The molecule has 0 aliphatic carbocycles. The first-order valence-corrected chi connectivity index (χ1v) is 6.86. The Hall–Kier alpha value is -2.40. The molecule has 0 aliphatic rings. The van der Waals surface area contributed by atoms with Crippen molar-refractivity contribution in [3.8, 4) is 0 Å². The van der Waals surface area contributed by atoms with Crippen molar-refractivity contribution < 1.29 is 4.79 Å². The predicted octanol–water partition coefficient (Wildman–Crippen LogP) is 3.31. The van der Waals surface area contributed by atoms with Gasteiger partial charge in [0.05, 0.1) is 0 Å². The van der Waals surface area contributed by atoms with Crippen LogP contribution in [0.4, 0.5) is 16.2 Å². The molecule has 0 saturated heterocycles. The molecule has 110 valence electrons. The van der Waals surface area contributed by atoms with Crippen LogP contribution in [0.5, 0.6) is 0 Å². The summed E-state index contributed by atoms with van der Waals surface area (Å²) in [6.07, 6.45) is 1.67. The number of pyridine rings is 1. The number of hydrogen-bond donors (Lipinski definition) is 3. The molecule has 2 aromatic rings.